The fourth-order valence-corrected chi connectivity index (χ4v) is 4.63. The fraction of sp³-hybridized carbons (Fsp3) is 0.533. The van der Waals surface area contributed by atoms with E-state index in [-0.39, 0.29) is 23.5 Å². The fourth-order valence-electron chi connectivity index (χ4n) is 2.68. The number of rotatable bonds is 6. The third-order valence-electron chi connectivity index (χ3n) is 3.91. The number of hydrogen-bond acceptors (Lipinski definition) is 4. The maximum Gasteiger partial charge on any atom is 0.225 e. The highest BCUT2D eigenvalue weighted by atomic mass is 35.5. The number of sulfone groups is 1. The van der Waals surface area contributed by atoms with Gasteiger partial charge in [-0.2, -0.15) is 0 Å². The molecule has 0 saturated carbocycles. The number of carbonyl (C=O) groups is 1. The van der Waals surface area contributed by atoms with Gasteiger partial charge in [-0.15, -0.1) is 0 Å². The van der Waals surface area contributed by atoms with E-state index >= 15 is 0 Å². The van der Waals surface area contributed by atoms with Crippen molar-refractivity contribution in [2.24, 2.45) is 0 Å². The van der Waals surface area contributed by atoms with Gasteiger partial charge in [-0.3, -0.25) is 9.69 Å². The van der Waals surface area contributed by atoms with Crippen molar-refractivity contribution in [3.63, 3.8) is 0 Å². The Kier molecular flexibility index (Phi) is 5.83. The molecule has 1 aliphatic heterocycles. The number of carbonyl (C=O) groups excluding carboxylic acids is 1. The van der Waals surface area contributed by atoms with Crippen LogP contribution < -0.4 is 5.32 Å². The van der Waals surface area contributed by atoms with Crippen LogP contribution in [0, 0.1) is 0 Å². The first-order chi connectivity index (χ1) is 10.4. The molecular formula is C15H21ClN2O3S. The molecule has 5 nitrogen and oxygen atoms in total. The number of nitrogens with one attached hydrogen (secondary N) is 1. The normalized spacial score (nSPS) is 20.2. The van der Waals surface area contributed by atoms with Crippen molar-refractivity contribution in [1.82, 2.24) is 4.90 Å². The number of halogens is 1. The lowest BCUT2D eigenvalue weighted by Gasteiger charge is -2.26. The third kappa shape index (κ3) is 4.69. The number of para-hydroxylation sites is 1. The molecule has 0 radical (unpaired) electrons. The van der Waals surface area contributed by atoms with Gasteiger partial charge in [0.25, 0.3) is 0 Å². The number of hydrogen-bond donors (Lipinski definition) is 1. The van der Waals surface area contributed by atoms with E-state index in [2.05, 4.69) is 10.2 Å². The van der Waals surface area contributed by atoms with E-state index in [0.717, 1.165) is 6.54 Å². The van der Waals surface area contributed by atoms with Gasteiger partial charge in [0.1, 0.15) is 0 Å². The van der Waals surface area contributed by atoms with Gasteiger partial charge in [0.2, 0.25) is 5.91 Å². The standard InChI is InChI=1S/C15H21ClN2O3S/c1-2-18(12-8-10-22(20,21)11-12)9-7-15(19)17-14-6-4-3-5-13(14)16/h3-6,12H,2,7-11H2,1H3,(H,17,19). The smallest absolute Gasteiger partial charge is 0.225 e. The minimum absolute atomic E-state index is 0.0307. The van der Waals surface area contributed by atoms with Crippen molar-refractivity contribution in [2.45, 2.75) is 25.8 Å². The van der Waals surface area contributed by atoms with E-state index in [1.54, 1.807) is 18.2 Å². The Labute approximate surface area is 136 Å². The Bertz CT molecular complexity index is 633. The zero-order valence-electron chi connectivity index (χ0n) is 12.6. The highest BCUT2D eigenvalue weighted by Gasteiger charge is 2.31. The summed E-state index contributed by atoms with van der Waals surface area (Å²) >= 11 is 6.00. The monoisotopic (exact) mass is 344 g/mol. The van der Waals surface area contributed by atoms with Crippen molar-refractivity contribution in [1.29, 1.82) is 0 Å². The second kappa shape index (κ2) is 7.44. The lowest BCUT2D eigenvalue weighted by molar-refractivity contribution is -0.116. The van der Waals surface area contributed by atoms with Gasteiger partial charge >= 0.3 is 0 Å². The Hall–Kier alpha value is -1.11. The lowest BCUT2D eigenvalue weighted by Crippen LogP contribution is -2.38. The van der Waals surface area contributed by atoms with Crippen LogP contribution in [0.1, 0.15) is 19.8 Å². The third-order valence-corrected chi connectivity index (χ3v) is 5.98. The highest BCUT2D eigenvalue weighted by molar-refractivity contribution is 7.91. The number of benzene rings is 1. The summed E-state index contributed by atoms with van der Waals surface area (Å²) in [7, 11) is -2.90. The summed E-state index contributed by atoms with van der Waals surface area (Å²) in [4.78, 5) is 14.1. The van der Waals surface area contributed by atoms with Crippen LogP contribution in [0.25, 0.3) is 0 Å². The molecule has 1 amide bonds. The molecular weight excluding hydrogens is 324 g/mol. The highest BCUT2D eigenvalue weighted by Crippen LogP contribution is 2.21. The Morgan fingerprint density at radius 1 is 1.41 bits per heavy atom. The van der Waals surface area contributed by atoms with E-state index in [9.17, 15) is 13.2 Å². The van der Waals surface area contributed by atoms with E-state index in [1.807, 2.05) is 13.0 Å². The van der Waals surface area contributed by atoms with Crippen LogP contribution in [-0.2, 0) is 14.6 Å². The molecule has 122 valence electrons. The van der Waals surface area contributed by atoms with E-state index in [0.29, 0.717) is 30.1 Å². The first-order valence-corrected chi connectivity index (χ1v) is 9.60. The van der Waals surface area contributed by atoms with Crippen molar-refractivity contribution in [3.05, 3.63) is 29.3 Å². The molecule has 1 atom stereocenters. The molecule has 0 spiro atoms. The minimum atomic E-state index is -2.90. The first-order valence-electron chi connectivity index (χ1n) is 7.40. The molecule has 1 fully saturated rings. The van der Waals surface area contributed by atoms with Gasteiger partial charge in [-0.1, -0.05) is 30.7 Å². The molecule has 22 heavy (non-hydrogen) atoms. The summed E-state index contributed by atoms with van der Waals surface area (Å²) in [5, 5.41) is 3.29. The van der Waals surface area contributed by atoms with Crippen molar-refractivity contribution in [2.75, 3.05) is 29.9 Å². The van der Waals surface area contributed by atoms with Gasteiger partial charge in [0, 0.05) is 19.0 Å². The first kappa shape index (κ1) is 17.2. The van der Waals surface area contributed by atoms with Crippen LogP contribution >= 0.6 is 11.6 Å². The van der Waals surface area contributed by atoms with Crippen molar-refractivity contribution >= 4 is 33.0 Å². The van der Waals surface area contributed by atoms with Gasteiger partial charge in [0.15, 0.2) is 9.84 Å². The summed E-state index contributed by atoms with van der Waals surface area (Å²) in [6.45, 7) is 3.27. The predicted molar refractivity (Wildman–Crippen MR) is 89.0 cm³/mol. The number of nitrogens with zero attached hydrogens (tertiary/aromatic N) is 1. The summed E-state index contributed by atoms with van der Waals surface area (Å²) in [5.74, 6) is 0.333. The zero-order valence-corrected chi connectivity index (χ0v) is 14.2. The van der Waals surface area contributed by atoms with Crippen LogP contribution in [0.3, 0.4) is 0 Å². The molecule has 1 aromatic rings. The van der Waals surface area contributed by atoms with Crippen molar-refractivity contribution < 1.29 is 13.2 Å². The van der Waals surface area contributed by atoms with Gasteiger partial charge in [-0.05, 0) is 25.1 Å². The van der Waals surface area contributed by atoms with Gasteiger partial charge < -0.3 is 5.32 Å². The maximum absolute atomic E-state index is 12.0. The lowest BCUT2D eigenvalue weighted by atomic mass is 10.2. The van der Waals surface area contributed by atoms with Gasteiger partial charge in [0.05, 0.1) is 22.2 Å². The van der Waals surface area contributed by atoms with Crippen molar-refractivity contribution in [3.8, 4) is 0 Å². The number of anilines is 1. The molecule has 2 rings (SSSR count). The molecule has 1 saturated heterocycles. The molecule has 0 bridgehead atoms. The van der Waals surface area contributed by atoms with Crippen LogP contribution in [0.5, 0.6) is 0 Å². The second-order valence-electron chi connectivity index (χ2n) is 5.46. The summed E-state index contributed by atoms with van der Waals surface area (Å²) in [6.07, 6.45) is 0.970. The Morgan fingerprint density at radius 3 is 2.73 bits per heavy atom. The molecule has 0 aromatic heterocycles. The van der Waals surface area contributed by atoms with E-state index < -0.39 is 9.84 Å². The number of amides is 1. The molecule has 1 aromatic carbocycles. The molecule has 1 aliphatic rings. The zero-order chi connectivity index (χ0) is 16.2. The predicted octanol–water partition coefficient (Wildman–Crippen LogP) is 2.18. The van der Waals surface area contributed by atoms with Gasteiger partial charge in [-0.25, -0.2) is 8.42 Å². The topological polar surface area (TPSA) is 66.5 Å². The van der Waals surface area contributed by atoms with Crippen LogP contribution in [0.2, 0.25) is 5.02 Å². The second-order valence-corrected chi connectivity index (χ2v) is 8.10. The molecule has 7 heteroatoms. The largest absolute Gasteiger partial charge is 0.325 e. The maximum atomic E-state index is 12.0. The van der Waals surface area contributed by atoms with E-state index in [4.69, 9.17) is 11.6 Å². The summed E-state index contributed by atoms with van der Waals surface area (Å²) in [5.41, 5.74) is 0.598. The van der Waals surface area contributed by atoms with Crippen LogP contribution in [0.15, 0.2) is 24.3 Å². The quantitative estimate of drug-likeness (QED) is 0.859. The summed E-state index contributed by atoms with van der Waals surface area (Å²) < 4.78 is 23.1. The Morgan fingerprint density at radius 2 is 2.14 bits per heavy atom. The van der Waals surface area contributed by atoms with Crippen LogP contribution in [0.4, 0.5) is 5.69 Å². The van der Waals surface area contributed by atoms with Crippen LogP contribution in [-0.4, -0.2) is 49.9 Å². The SMILES string of the molecule is CCN(CCC(=O)Nc1ccccc1Cl)C1CCS(=O)(=O)C1. The van der Waals surface area contributed by atoms with E-state index in [1.165, 1.54) is 0 Å². The molecule has 1 N–H and O–H groups in total. The average molecular weight is 345 g/mol. The summed E-state index contributed by atoms with van der Waals surface area (Å²) in [6, 6.07) is 7.11. The minimum Gasteiger partial charge on any atom is -0.325 e. The molecule has 1 unspecified atom stereocenters. The Balaban J connectivity index is 1.86. The molecule has 0 aliphatic carbocycles. The average Bonchev–Trinajstić information content (AvgIpc) is 2.82. The molecule has 1 heterocycles.